The van der Waals surface area contributed by atoms with Crippen LogP contribution in [0, 0.1) is 18.4 Å². The van der Waals surface area contributed by atoms with Crippen LogP contribution in [0.2, 0.25) is 0 Å². The van der Waals surface area contributed by atoms with Crippen LogP contribution in [0.15, 0.2) is 115 Å². The van der Waals surface area contributed by atoms with Crippen LogP contribution in [0.25, 0.3) is 0 Å². The fourth-order valence-electron chi connectivity index (χ4n) is 6.89. The van der Waals surface area contributed by atoms with Gasteiger partial charge in [-0.15, -0.1) is 11.3 Å². The minimum absolute atomic E-state index is 0.0718. The molecule has 262 valence electrons. The monoisotopic (exact) mass is 702 g/mol. The summed E-state index contributed by atoms with van der Waals surface area (Å²) in [6.07, 6.45) is -0.644. The first-order chi connectivity index (χ1) is 25.0. The number of rotatable bonds is 13. The van der Waals surface area contributed by atoms with Gasteiger partial charge in [-0.3, -0.25) is 0 Å². The highest BCUT2D eigenvalue weighted by molar-refractivity contribution is 7.12. The van der Waals surface area contributed by atoms with Crippen molar-refractivity contribution < 1.29 is 23.3 Å². The van der Waals surface area contributed by atoms with Gasteiger partial charge in [0.15, 0.2) is 12.4 Å². The third kappa shape index (κ3) is 8.75. The first kappa shape index (κ1) is 35.1. The molecule has 7 rings (SSSR count). The van der Waals surface area contributed by atoms with E-state index in [4.69, 9.17) is 18.9 Å². The van der Waals surface area contributed by atoms with Gasteiger partial charge < -0.3 is 23.8 Å². The Hall–Kier alpha value is -4.36. The van der Waals surface area contributed by atoms with Crippen molar-refractivity contribution >= 4 is 11.3 Å². The van der Waals surface area contributed by atoms with Gasteiger partial charge in [-0.2, -0.15) is 5.26 Å². The Labute approximate surface area is 304 Å². The van der Waals surface area contributed by atoms with Crippen LogP contribution in [0.4, 0.5) is 4.39 Å². The van der Waals surface area contributed by atoms with Crippen LogP contribution < -0.4 is 0 Å². The smallest absolute Gasteiger partial charge is 0.179 e. The summed E-state index contributed by atoms with van der Waals surface area (Å²) in [6.45, 7) is 4.51. The predicted octanol–water partition coefficient (Wildman–Crippen LogP) is 8.65. The molecule has 2 aliphatic rings. The average Bonchev–Trinajstić information content (AvgIpc) is 3.58. The van der Waals surface area contributed by atoms with Gasteiger partial charge in [0.05, 0.1) is 33.0 Å². The number of fused-ring (bicyclic) bond motifs is 1. The molecule has 0 spiro atoms. The van der Waals surface area contributed by atoms with E-state index in [2.05, 4.69) is 37.4 Å². The number of benzene rings is 4. The highest BCUT2D eigenvalue weighted by atomic mass is 32.1. The molecule has 51 heavy (non-hydrogen) atoms. The second-order valence-corrected chi connectivity index (χ2v) is 14.6. The number of nitrogens with zero attached hydrogens (tertiary/aromatic N) is 2. The number of ether oxygens (including phenoxy) is 4. The van der Waals surface area contributed by atoms with Crippen molar-refractivity contribution in [3.05, 3.63) is 164 Å². The van der Waals surface area contributed by atoms with E-state index in [1.165, 1.54) is 26.4 Å². The first-order valence-electron chi connectivity index (χ1n) is 17.6. The molecular weight excluding hydrogens is 660 g/mol. The van der Waals surface area contributed by atoms with Gasteiger partial charge in [0.25, 0.3) is 0 Å². The lowest BCUT2D eigenvalue weighted by atomic mass is 9.89. The summed E-state index contributed by atoms with van der Waals surface area (Å²) in [5, 5.41) is 9.44. The maximum absolute atomic E-state index is 16.8. The Balaban J connectivity index is 1.18. The average molecular weight is 703 g/mol. The number of thiophene rings is 1. The Bertz CT molecular complexity index is 1900. The second kappa shape index (κ2) is 16.8. The summed E-state index contributed by atoms with van der Waals surface area (Å²) in [7, 11) is 0. The Kier molecular flexibility index (Phi) is 11.5. The van der Waals surface area contributed by atoms with Gasteiger partial charge in [0.2, 0.25) is 0 Å². The molecule has 4 aromatic carbocycles. The summed E-state index contributed by atoms with van der Waals surface area (Å²) < 4.78 is 42.7. The molecule has 0 N–H and O–H groups in total. The molecule has 1 saturated heterocycles. The molecule has 1 fully saturated rings. The van der Waals surface area contributed by atoms with Gasteiger partial charge in [-0.1, -0.05) is 109 Å². The van der Waals surface area contributed by atoms with Gasteiger partial charge in [0, 0.05) is 29.1 Å². The molecule has 3 heterocycles. The van der Waals surface area contributed by atoms with E-state index in [0.717, 1.165) is 41.6 Å². The molecule has 8 heteroatoms. The number of aryl methyl sites for hydroxylation is 1. The van der Waals surface area contributed by atoms with E-state index < -0.39 is 30.6 Å². The molecule has 0 radical (unpaired) electrons. The zero-order valence-corrected chi connectivity index (χ0v) is 29.6. The number of hydrogen-bond acceptors (Lipinski definition) is 7. The first-order valence-corrected chi connectivity index (χ1v) is 18.4. The van der Waals surface area contributed by atoms with E-state index in [9.17, 15) is 5.26 Å². The zero-order chi connectivity index (χ0) is 35.0. The highest BCUT2D eigenvalue weighted by Crippen LogP contribution is 2.39. The number of halogens is 1. The molecule has 0 unspecified atom stereocenters. The van der Waals surface area contributed by atoms with Crippen molar-refractivity contribution in [1.29, 1.82) is 5.26 Å². The quantitative estimate of drug-likeness (QED) is 0.115. The fourth-order valence-corrected chi connectivity index (χ4v) is 8.08. The summed E-state index contributed by atoms with van der Waals surface area (Å²) in [6, 6.07) is 38.3. The van der Waals surface area contributed by atoms with Crippen molar-refractivity contribution in [3.8, 4) is 6.19 Å². The van der Waals surface area contributed by atoms with E-state index in [1.54, 1.807) is 0 Å². The van der Waals surface area contributed by atoms with Crippen LogP contribution in [-0.2, 0) is 58.2 Å². The van der Waals surface area contributed by atoms with E-state index in [1.807, 2.05) is 107 Å². The Morgan fingerprint density at radius 1 is 0.824 bits per heavy atom. The minimum Gasteiger partial charge on any atom is -0.374 e. The predicted molar refractivity (Wildman–Crippen MR) is 197 cm³/mol. The summed E-state index contributed by atoms with van der Waals surface area (Å²) in [5.41, 5.74) is 7.47. The van der Waals surface area contributed by atoms with Crippen molar-refractivity contribution in [2.45, 2.75) is 76.7 Å². The lowest BCUT2D eigenvalue weighted by Gasteiger charge is -2.44. The topological polar surface area (TPSA) is 64.0 Å². The number of alkyl halides is 1. The molecule has 5 aromatic rings. The normalized spacial score (nSPS) is 21.6. The van der Waals surface area contributed by atoms with Gasteiger partial charge in [-0.05, 0) is 51.9 Å². The SMILES string of the molecule is Cc1ccc([C@@H]2O[C@H](COCc3ccccc3)[C@@H](F)[C@H](OCc3ccccc3)[C@H]2OCc2ccccc2)cc1Cc1cc2c(s1)CCN(C#N)C2. The standard InChI is InChI=1S/C43H43FN2O4S/c1-30-17-18-34(21-35(30)22-37-23-36-24-46(29-45)20-19-39(36)51-37)41-43(49-27-33-15-9-4-10-16-33)42(48-26-32-13-7-3-8-14-32)40(44)38(50-41)28-47-25-31-11-5-2-6-12-31/h2-18,21,23,38,40-43H,19-20,22,24-28H2,1H3/t38-,40-,41+,42+,43+/m1/s1. The summed E-state index contributed by atoms with van der Waals surface area (Å²) >= 11 is 1.83. The molecule has 0 amide bonds. The Morgan fingerprint density at radius 3 is 2.10 bits per heavy atom. The van der Waals surface area contributed by atoms with E-state index in [-0.39, 0.29) is 19.8 Å². The largest absolute Gasteiger partial charge is 0.374 e. The van der Waals surface area contributed by atoms with Crippen molar-refractivity contribution in [2.24, 2.45) is 0 Å². The molecule has 0 saturated carbocycles. The van der Waals surface area contributed by atoms with E-state index in [0.29, 0.717) is 13.2 Å². The molecule has 0 bridgehead atoms. The summed E-state index contributed by atoms with van der Waals surface area (Å²) in [4.78, 5) is 4.44. The van der Waals surface area contributed by atoms with Gasteiger partial charge >= 0.3 is 0 Å². The molecular formula is C43H43FN2O4S. The number of hydrogen-bond donors (Lipinski definition) is 0. The third-order valence-corrected chi connectivity index (χ3v) is 10.9. The molecule has 5 atom stereocenters. The molecule has 6 nitrogen and oxygen atoms in total. The van der Waals surface area contributed by atoms with Crippen molar-refractivity contribution in [2.75, 3.05) is 13.2 Å². The second-order valence-electron chi connectivity index (χ2n) is 13.4. The lowest BCUT2D eigenvalue weighted by molar-refractivity contribution is -0.248. The maximum atomic E-state index is 16.8. The van der Waals surface area contributed by atoms with Crippen molar-refractivity contribution in [1.82, 2.24) is 4.90 Å². The van der Waals surface area contributed by atoms with Gasteiger partial charge in [0.1, 0.15) is 24.4 Å². The van der Waals surface area contributed by atoms with Crippen LogP contribution in [0.3, 0.4) is 0 Å². The van der Waals surface area contributed by atoms with E-state index >= 15 is 4.39 Å². The Morgan fingerprint density at radius 2 is 1.45 bits per heavy atom. The molecule has 2 aliphatic heterocycles. The number of nitriles is 1. The highest BCUT2D eigenvalue weighted by Gasteiger charge is 2.48. The van der Waals surface area contributed by atoms with Crippen LogP contribution in [0.1, 0.15) is 54.8 Å². The molecule has 0 aliphatic carbocycles. The van der Waals surface area contributed by atoms with Gasteiger partial charge in [-0.25, -0.2) is 4.39 Å². The third-order valence-electron chi connectivity index (χ3n) is 9.70. The molecule has 1 aromatic heterocycles. The zero-order valence-electron chi connectivity index (χ0n) is 28.8. The van der Waals surface area contributed by atoms with Crippen molar-refractivity contribution in [3.63, 3.8) is 0 Å². The fraction of sp³-hybridized carbons (Fsp3) is 0.326. The maximum Gasteiger partial charge on any atom is 0.179 e. The minimum atomic E-state index is -1.49. The summed E-state index contributed by atoms with van der Waals surface area (Å²) in [5.74, 6) is 0. The van der Waals surface area contributed by atoms with Crippen LogP contribution >= 0.6 is 11.3 Å². The lowest BCUT2D eigenvalue weighted by Crippen LogP contribution is -2.55. The van der Waals surface area contributed by atoms with Crippen LogP contribution in [-0.4, -0.2) is 42.5 Å². The van der Waals surface area contributed by atoms with Crippen LogP contribution in [0.5, 0.6) is 0 Å².